The van der Waals surface area contributed by atoms with E-state index >= 15 is 0 Å². The Bertz CT molecular complexity index is 1130. The van der Waals surface area contributed by atoms with Gasteiger partial charge in [0.25, 0.3) is 5.91 Å². The van der Waals surface area contributed by atoms with Gasteiger partial charge in [0.2, 0.25) is 0 Å². The van der Waals surface area contributed by atoms with Crippen LogP contribution in [0.1, 0.15) is 16.7 Å². The number of sulfone groups is 1. The third-order valence-corrected chi connectivity index (χ3v) is 8.87. The van der Waals surface area contributed by atoms with Crippen molar-refractivity contribution < 1.29 is 17.9 Å². The predicted octanol–water partition coefficient (Wildman–Crippen LogP) is 3.16. The van der Waals surface area contributed by atoms with Crippen LogP contribution in [0.5, 0.6) is 5.75 Å². The summed E-state index contributed by atoms with van der Waals surface area (Å²) in [6.45, 7) is 4.04. The molecule has 2 aliphatic heterocycles. The average molecular weight is 445 g/mol. The lowest BCUT2D eigenvalue weighted by atomic mass is 10.1. The molecule has 1 amide bonds. The van der Waals surface area contributed by atoms with Gasteiger partial charge in [-0.15, -0.1) is 0 Å². The number of fused-ring (bicyclic) bond motifs is 1. The van der Waals surface area contributed by atoms with Gasteiger partial charge in [-0.05, 0) is 37.1 Å². The minimum Gasteiger partial charge on any atom is -0.496 e. The molecule has 2 aliphatic rings. The molecule has 0 N–H and O–H groups in total. The number of rotatable bonds is 4. The van der Waals surface area contributed by atoms with E-state index in [1.165, 1.54) is 11.8 Å². The summed E-state index contributed by atoms with van der Waals surface area (Å²) in [5, 5.41) is 0.459. The van der Waals surface area contributed by atoms with Crippen LogP contribution < -0.4 is 9.64 Å². The molecule has 2 fully saturated rings. The van der Waals surface area contributed by atoms with Crippen LogP contribution in [-0.4, -0.2) is 49.4 Å². The molecule has 0 saturated carbocycles. The first kappa shape index (κ1) is 20.9. The lowest BCUT2D eigenvalue weighted by molar-refractivity contribution is -0.117. The van der Waals surface area contributed by atoms with Gasteiger partial charge in [-0.1, -0.05) is 42.1 Å². The monoisotopic (exact) mass is 444 g/mol. The van der Waals surface area contributed by atoms with Gasteiger partial charge in [0, 0.05) is 16.5 Å². The van der Waals surface area contributed by atoms with Crippen molar-refractivity contribution in [2.45, 2.75) is 31.6 Å². The molecule has 158 valence electrons. The molecule has 6 nitrogen and oxygen atoms in total. The fourth-order valence-corrected chi connectivity index (χ4v) is 7.93. The quantitative estimate of drug-likeness (QED) is 0.721. The highest BCUT2D eigenvalue weighted by Crippen LogP contribution is 2.42. The molecule has 0 bridgehead atoms. The number of carbonyl (C=O) groups is 1. The second kappa shape index (κ2) is 8.07. The van der Waals surface area contributed by atoms with Gasteiger partial charge in [0.1, 0.15) is 5.75 Å². The maximum atomic E-state index is 12.8. The van der Waals surface area contributed by atoms with Gasteiger partial charge < -0.3 is 9.64 Å². The fourth-order valence-electron chi connectivity index (χ4n) is 4.00. The van der Waals surface area contributed by atoms with E-state index in [-0.39, 0.29) is 35.1 Å². The van der Waals surface area contributed by atoms with Crippen LogP contribution in [0, 0.1) is 13.8 Å². The zero-order chi connectivity index (χ0) is 21.5. The van der Waals surface area contributed by atoms with Crippen molar-refractivity contribution in [3.8, 4) is 5.75 Å². The molecule has 2 saturated heterocycles. The van der Waals surface area contributed by atoms with Crippen molar-refractivity contribution in [2.24, 2.45) is 4.99 Å². The molecule has 2 atom stereocenters. The highest BCUT2D eigenvalue weighted by Gasteiger charge is 2.49. The van der Waals surface area contributed by atoms with Gasteiger partial charge in [-0.2, -0.15) is 4.99 Å². The Kier molecular flexibility index (Phi) is 5.63. The van der Waals surface area contributed by atoms with Gasteiger partial charge in [0.05, 0.1) is 31.1 Å². The summed E-state index contributed by atoms with van der Waals surface area (Å²) < 4.78 is 29.8. The topological polar surface area (TPSA) is 76.0 Å². The third kappa shape index (κ3) is 3.98. The zero-order valence-electron chi connectivity index (χ0n) is 17.2. The van der Waals surface area contributed by atoms with Crippen LogP contribution in [-0.2, 0) is 21.1 Å². The number of para-hydroxylation sites is 1. The van der Waals surface area contributed by atoms with Crippen molar-refractivity contribution >= 4 is 38.4 Å². The second-order valence-corrected chi connectivity index (χ2v) is 11.0. The van der Waals surface area contributed by atoms with E-state index in [2.05, 4.69) is 4.99 Å². The van der Waals surface area contributed by atoms with E-state index in [1.54, 1.807) is 7.11 Å². The minimum absolute atomic E-state index is 0.0811. The summed E-state index contributed by atoms with van der Waals surface area (Å²) in [5.74, 6) is 0.570. The number of aliphatic imine (C=N–C) groups is 1. The third-order valence-electron chi connectivity index (χ3n) is 5.66. The zero-order valence-corrected chi connectivity index (χ0v) is 18.8. The van der Waals surface area contributed by atoms with Crippen LogP contribution in [0.4, 0.5) is 5.69 Å². The normalized spacial score (nSPS) is 23.6. The number of carbonyl (C=O) groups excluding carboxylic acids is 1. The van der Waals surface area contributed by atoms with Crippen LogP contribution in [0.2, 0.25) is 0 Å². The summed E-state index contributed by atoms with van der Waals surface area (Å²) in [6, 6.07) is 13.1. The maximum Gasteiger partial charge on any atom is 0.252 e. The average Bonchev–Trinajstić information content (AvgIpc) is 3.15. The number of anilines is 1. The standard InChI is InChI=1S/C22H24N2O4S2/c1-14-7-6-9-17(15(14)2)24-18-12-30(26,27)13-20(18)29-22(24)23-21(25)11-16-8-4-5-10-19(16)28-3/h4-10,18,20H,11-13H2,1-3H3/t18-,20+/m1/s1. The number of hydrogen-bond acceptors (Lipinski definition) is 5. The molecule has 0 aliphatic carbocycles. The Morgan fingerprint density at radius 3 is 2.70 bits per heavy atom. The van der Waals surface area contributed by atoms with Crippen LogP contribution in [0.15, 0.2) is 47.5 Å². The largest absolute Gasteiger partial charge is 0.496 e. The van der Waals surface area contributed by atoms with Crippen molar-refractivity contribution in [1.29, 1.82) is 0 Å². The number of ether oxygens (including phenoxy) is 1. The van der Waals surface area contributed by atoms with E-state index in [0.717, 1.165) is 22.4 Å². The van der Waals surface area contributed by atoms with E-state index in [9.17, 15) is 13.2 Å². The number of thioether (sulfide) groups is 1. The Labute approximate surface area is 181 Å². The van der Waals surface area contributed by atoms with E-state index < -0.39 is 9.84 Å². The first-order valence-electron chi connectivity index (χ1n) is 9.75. The van der Waals surface area contributed by atoms with Crippen LogP contribution in [0.3, 0.4) is 0 Å². The smallest absolute Gasteiger partial charge is 0.252 e. The van der Waals surface area contributed by atoms with Crippen LogP contribution in [0.25, 0.3) is 0 Å². The number of amidine groups is 1. The predicted molar refractivity (Wildman–Crippen MR) is 121 cm³/mol. The molecule has 0 radical (unpaired) electrons. The lowest BCUT2D eigenvalue weighted by Gasteiger charge is -2.26. The minimum atomic E-state index is -3.10. The molecule has 0 unspecified atom stereocenters. The molecule has 0 spiro atoms. The molecule has 2 heterocycles. The SMILES string of the molecule is COc1ccccc1CC(=O)N=C1S[C@H]2CS(=O)(=O)C[C@H]2N1c1cccc(C)c1C. The molecule has 2 aromatic rings. The van der Waals surface area contributed by atoms with Crippen molar-refractivity contribution in [3.63, 3.8) is 0 Å². The van der Waals surface area contributed by atoms with Gasteiger partial charge in [-0.3, -0.25) is 4.79 Å². The molecule has 2 aromatic carbocycles. The fraction of sp³-hybridized carbons (Fsp3) is 0.364. The summed E-state index contributed by atoms with van der Waals surface area (Å²) in [4.78, 5) is 19.2. The van der Waals surface area contributed by atoms with Crippen molar-refractivity contribution in [1.82, 2.24) is 0 Å². The Hall–Kier alpha value is -2.32. The Morgan fingerprint density at radius 1 is 1.17 bits per heavy atom. The Balaban J connectivity index is 1.69. The molecule has 8 heteroatoms. The van der Waals surface area contributed by atoms with Crippen molar-refractivity contribution in [2.75, 3.05) is 23.5 Å². The first-order chi connectivity index (χ1) is 14.3. The van der Waals surface area contributed by atoms with Gasteiger partial charge in [-0.25, -0.2) is 8.42 Å². The number of methoxy groups -OCH3 is 1. The first-order valence-corrected chi connectivity index (χ1v) is 12.4. The van der Waals surface area contributed by atoms with Crippen molar-refractivity contribution in [3.05, 3.63) is 59.2 Å². The number of hydrogen-bond donors (Lipinski definition) is 0. The molecule has 30 heavy (non-hydrogen) atoms. The molecular weight excluding hydrogens is 420 g/mol. The van der Waals surface area contributed by atoms with E-state index in [4.69, 9.17) is 4.74 Å². The van der Waals surface area contributed by atoms with Gasteiger partial charge >= 0.3 is 0 Å². The molecule has 4 rings (SSSR count). The van der Waals surface area contributed by atoms with Crippen LogP contribution >= 0.6 is 11.8 Å². The van der Waals surface area contributed by atoms with E-state index in [0.29, 0.717) is 10.9 Å². The maximum absolute atomic E-state index is 12.8. The number of nitrogens with zero attached hydrogens (tertiary/aromatic N) is 2. The number of aryl methyl sites for hydroxylation is 1. The van der Waals surface area contributed by atoms with E-state index in [1.807, 2.05) is 61.2 Å². The summed E-state index contributed by atoms with van der Waals surface area (Å²) in [7, 11) is -1.52. The summed E-state index contributed by atoms with van der Waals surface area (Å²) in [5.41, 5.74) is 3.86. The number of amides is 1. The summed E-state index contributed by atoms with van der Waals surface area (Å²) >= 11 is 1.39. The highest BCUT2D eigenvalue weighted by atomic mass is 32.2. The summed E-state index contributed by atoms with van der Waals surface area (Å²) in [6.07, 6.45) is 0.127. The molecular formula is C22H24N2O4S2. The highest BCUT2D eigenvalue weighted by molar-refractivity contribution is 8.16. The second-order valence-electron chi connectivity index (χ2n) is 7.67. The molecule has 0 aromatic heterocycles. The number of benzene rings is 2. The van der Waals surface area contributed by atoms with Gasteiger partial charge in [0.15, 0.2) is 15.0 Å². The lowest BCUT2D eigenvalue weighted by Crippen LogP contribution is -2.38. The Morgan fingerprint density at radius 2 is 1.93 bits per heavy atom.